The molecule has 5 heteroatoms. The Morgan fingerprint density at radius 1 is 0.880 bits per heavy atom. The van der Waals surface area contributed by atoms with Crippen molar-refractivity contribution in [1.82, 2.24) is 0 Å². The van der Waals surface area contributed by atoms with Gasteiger partial charge in [-0.05, 0) is 61.3 Å². The van der Waals surface area contributed by atoms with Crippen molar-refractivity contribution in [3.8, 4) is 0 Å². The van der Waals surface area contributed by atoms with Crippen LogP contribution in [0.5, 0.6) is 0 Å². The largest absolute Gasteiger partial charge is 0.457 e. The van der Waals surface area contributed by atoms with Crippen LogP contribution in [-0.4, -0.2) is 28.9 Å². The number of hydrogen-bond donors (Lipinski definition) is 0. The molecule has 1 atom stereocenters. The van der Waals surface area contributed by atoms with Crippen molar-refractivity contribution in [3.63, 3.8) is 0 Å². The molecule has 0 aromatic rings. The molecule has 0 aliphatic carbocycles. The number of esters is 2. The molecule has 0 bridgehead atoms. The maximum Gasteiger partial charge on any atom is 0.359 e. The zero-order chi connectivity index (χ0) is 19.8. The predicted octanol–water partition coefficient (Wildman–Crippen LogP) is 4.30. The van der Waals surface area contributed by atoms with E-state index in [1.54, 1.807) is 26.8 Å². The second-order valence-electron chi connectivity index (χ2n) is 7.55. The topological polar surface area (TPSA) is 69.7 Å². The molecule has 0 spiro atoms. The third-order valence-electron chi connectivity index (χ3n) is 3.44. The first-order chi connectivity index (χ1) is 11.3. The minimum Gasteiger partial charge on any atom is -0.457 e. The molecule has 0 saturated carbocycles. The Morgan fingerprint density at radius 3 is 1.84 bits per heavy atom. The number of ketones is 1. The van der Waals surface area contributed by atoms with Gasteiger partial charge in [0.05, 0.1) is 0 Å². The second-order valence-corrected chi connectivity index (χ2v) is 7.55. The van der Waals surface area contributed by atoms with Gasteiger partial charge in [-0.2, -0.15) is 0 Å². The summed E-state index contributed by atoms with van der Waals surface area (Å²) in [6.45, 7) is 13.5. The first-order valence-corrected chi connectivity index (χ1v) is 8.53. The molecule has 0 aromatic carbocycles. The zero-order valence-corrected chi connectivity index (χ0v) is 16.8. The van der Waals surface area contributed by atoms with Gasteiger partial charge in [0, 0.05) is 13.3 Å². The first-order valence-electron chi connectivity index (χ1n) is 8.53. The van der Waals surface area contributed by atoms with Gasteiger partial charge in [-0.1, -0.05) is 23.3 Å². The molecule has 142 valence electrons. The summed E-state index contributed by atoms with van der Waals surface area (Å²) in [7, 11) is 0. The molecule has 0 aliphatic heterocycles. The average Bonchev–Trinajstić information content (AvgIpc) is 2.40. The highest BCUT2D eigenvalue weighted by molar-refractivity contribution is 6.07. The second kappa shape index (κ2) is 9.54. The smallest absolute Gasteiger partial charge is 0.359 e. The predicted molar refractivity (Wildman–Crippen MR) is 98.1 cm³/mol. The standard InChI is InChI=1S/C20H32O5/c1-14(2)10-9-11-15(3)12-13-20(16(4)21,24-17(5)22)18(23)25-19(6,7)8/h10,12H,9,11,13H2,1-8H3/b15-12-. The Balaban J connectivity index is 5.51. The highest BCUT2D eigenvalue weighted by Gasteiger charge is 2.49. The number of carbonyl (C=O) groups excluding carboxylic acids is 3. The van der Waals surface area contributed by atoms with E-state index in [-0.39, 0.29) is 6.42 Å². The van der Waals surface area contributed by atoms with Crippen LogP contribution in [-0.2, 0) is 23.9 Å². The first kappa shape index (κ1) is 23.1. The van der Waals surface area contributed by atoms with Crippen molar-refractivity contribution in [1.29, 1.82) is 0 Å². The molecular formula is C20H32O5. The van der Waals surface area contributed by atoms with Crippen molar-refractivity contribution in [2.45, 2.75) is 85.9 Å². The summed E-state index contributed by atoms with van der Waals surface area (Å²) >= 11 is 0. The van der Waals surface area contributed by atoms with E-state index in [2.05, 4.69) is 6.08 Å². The van der Waals surface area contributed by atoms with Gasteiger partial charge in [-0.3, -0.25) is 9.59 Å². The zero-order valence-electron chi connectivity index (χ0n) is 16.8. The Bertz CT molecular complexity index is 559. The molecule has 1 unspecified atom stereocenters. The molecule has 25 heavy (non-hydrogen) atoms. The maximum atomic E-state index is 12.6. The minimum atomic E-state index is -1.93. The Hall–Kier alpha value is -1.91. The van der Waals surface area contributed by atoms with E-state index in [1.807, 2.05) is 20.8 Å². The van der Waals surface area contributed by atoms with Crippen molar-refractivity contribution >= 4 is 17.7 Å². The molecule has 0 saturated heterocycles. The fraction of sp³-hybridized carbons (Fsp3) is 0.650. The van der Waals surface area contributed by atoms with Gasteiger partial charge in [0.15, 0.2) is 5.78 Å². The van der Waals surface area contributed by atoms with E-state index in [4.69, 9.17) is 9.47 Å². The van der Waals surface area contributed by atoms with Crippen LogP contribution in [0.15, 0.2) is 23.3 Å². The molecule has 0 radical (unpaired) electrons. The molecule has 0 fully saturated rings. The average molecular weight is 352 g/mol. The fourth-order valence-electron chi connectivity index (χ4n) is 2.14. The van der Waals surface area contributed by atoms with Crippen molar-refractivity contribution in [3.05, 3.63) is 23.3 Å². The third-order valence-corrected chi connectivity index (χ3v) is 3.44. The summed E-state index contributed by atoms with van der Waals surface area (Å²) < 4.78 is 10.5. The van der Waals surface area contributed by atoms with Crippen LogP contribution in [0.4, 0.5) is 0 Å². The van der Waals surface area contributed by atoms with E-state index in [0.717, 1.165) is 18.4 Å². The summed E-state index contributed by atoms with van der Waals surface area (Å²) in [5.41, 5.74) is -0.477. The Labute approximate surface area is 151 Å². The van der Waals surface area contributed by atoms with Crippen LogP contribution in [0, 0.1) is 0 Å². The quantitative estimate of drug-likeness (QED) is 0.370. The molecule has 0 aromatic heterocycles. The normalized spacial score (nSPS) is 14.3. The maximum absolute atomic E-state index is 12.6. The van der Waals surface area contributed by atoms with E-state index in [0.29, 0.717) is 0 Å². The Morgan fingerprint density at radius 2 is 1.44 bits per heavy atom. The van der Waals surface area contributed by atoms with Crippen molar-refractivity contribution < 1.29 is 23.9 Å². The van der Waals surface area contributed by atoms with Crippen LogP contribution in [0.25, 0.3) is 0 Å². The van der Waals surface area contributed by atoms with Gasteiger partial charge in [-0.15, -0.1) is 0 Å². The molecule has 0 heterocycles. The number of rotatable bonds is 8. The van der Waals surface area contributed by atoms with Crippen LogP contribution >= 0.6 is 0 Å². The van der Waals surface area contributed by atoms with E-state index < -0.39 is 28.9 Å². The van der Waals surface area contributed by atoms with E-state index in [1.165, 1.54) is 19.4 Å². The summed E-state index contributed by atoms with van der Waals surface area (Å²) in [5, 5.41) is 0. The summed E-state index contributed by atoms with van der Waals surface area (Å²) in [6, 6.07) is 0. The van der Waals surface area contributed by atoms with Crippen LogP contribution in [0.1, 0.15) is 74.7 Å². The van der Waals surface area contributed by atoms with Gasteiger partial charge in [0.25, 0.3) is 5.60 Å². The number of ether oxygens (including phenoxy) is 2. The number of carbonyl (C=O) groups is 3. The highest BCUT2D eigenvalue weighted by Crippen LogP contribution is 2.25. The van der Waals surface area contributed by atoms with E-state index in [9.17, 15) is 14.4 Å². The lowest BCUT2D eigenvalue weighted by atomic mass is 9.92. The molecular weight excluding hydrogens is 320 g/mol. The minimum absolute atomic E-state index is 0.0303. The summed E-state index contributed by atoms with van der Waals surface area (Å²) in [5.74, 6) is -2.09. The van der Waals surface area contributed by atoms with Crippen molar-refractivity contribution in [2.24, 2.45) is 0 Å². The number of allylic oxidation sites excluding steroid dienone is 3. The highest BCUT2D eigenvalue weighted by atomic mass is 16.6. The lowest BCUT2D eigenvalue weighted by Crippen LogP contribution is -2.51. The Kier molecular flexibility index (Phi) is 8.81. The summed E-state index contributed by atoms with van der Waals surface area (Å²) in [6.07, 6.45) is 5.53. The van der Waals surface area contributed by atoms with Crippen LogP contribution < -0.4 is 0 Å². The third kappa shape index (κ3) is 8.66. The van der Waals surface area contributed by atoms with Crippen LogP contribution in [0.3, 0.4) is 0 Å². The van der Waals surface area contributed by atoms with E-state index >= 15 is 0 Å². The van der Waals surface area contributed by atoms with Crippen LogP contribution in [0.2, 0.25) is 0 Å². The molecule has 0 amide bonds. The van der Waals surface area contributed by atoms with Gasteiger partial charge in [-0.25, -0.2) is 4.79 Å². The van der Waals surface area contributed by atoms with Gasteiger partial charge in [0.1, 0.15) is 5.60 Å². The number of hydrogen-bond acceptors (Lipinski definition) is 5. The summed E-state index contributed by atoms with van der Waals surface area (Å²) in [4.78, 5) is 36.4. The fourth-order valence-corrected chi connectivity index (χ4v) is 2.14. The number of Topliss-reactive ketones (excluding diaryl/α,β-unsaturated/α-hetero) is 1. The van der Waals surface area contributed by atoms with Crippen molar-refractivity contribution in [2.75, 3.05) is 0 Å². The lowest BCUT2D eigenvalue weighted by molar-refractivity contribution is -0.191. The van der Waals surface area contributed by atoms with Gasteiger partial charge in [0.2, 0.25) is 0 Å². The van der Waals surface area contributed by atoms with Gasteiger partial charge >= 0.3 is 11.9 Å². The molecule has 0 rings (SSSR count). The molecule has 5 nitrogen and oxygen atoms in total. The lowest BCUT2D eigenvalue weighted by Gasteiger charge is -2.31. The van der Waals surface area contributed by atoms with Gasteiger partial charge < -0.3 is 9.47 Å². The SMILES string of the molecule is CC(=O)OC(C/C=C(/C)CCC=C(C)C)(C(C)=O)C(=O)OC(C)(C)C. The monoisotopic (exact) mass is 352 g/mol. The molecule has 0 aliphatic rings. The molecule has 0 N–H and O–H groups in total.